The van der Waals surface area contributed by atoms with Gasteiger partial charge in [0.25, 0.3) is 0 Å². The predicted octanol–water partition coefficient (Wildman–Crippen LogP) is 1.65. The molecule has 2 unspecified atom stereocenters. The van der Waals surface area contributed by atoms with Crippen molar-refractivity contribution < 1.29 is 9.90 Å². The molecule has 0 aromatic carbocycles. The van der Waals surface area contributed by atoms with E-state index >= 15 is 0 Å². The average molecular weight is 213 g/mol. The van der Waals surface area contributed by atoms with Crippen molar-refractivity contribution in [3.63, 3.8) is 0 Å². The van der Waals surface area contributed by atoms with E-state index in [9.17, 15) is 4.79 Å². The summed E-state index contributed by atoms with van der Waals surface area (Å²) in [7, 11) is 0. The molecule has 15 heavy (non-hydrogen) atoms. The molecule has 0 radical (unpaired) electrons. The van der Waals surface area contributed by atoms with Crippen molar-refractivity contribution in [2.75, 3.05) is 13.2 Å². The molecule has 1 rings (SSSR count). The monoisotopic (exact) mass is 213 g/mol. The van der Waals surface area contributed by atoms with Crippen LogP contribution in [0.3, 0.4) is 0 Å². The molecule has 1 amide bonds. The van der Waals surface area contributed by atoms with Crippen LogP contribution in [0.4, 0.5) is 0 Å². The lowest BCUT2D eigenvalue weighted by Gasteiger charge is -2.21. The van der Waals surface area contributed by atoms with E-state index in [2.05, 4.69) is 20.8 Å². The van der Waals surface area contributed by atoms with E-state index in [1.165, 1.54) is 0 Å². The Bertz CT molecular complexity index is 216. The topological polar surface area (TPSA) is 40.5 Å². The Kier molecular flexibility index (Phi) is 4.58. The third-order valence-electron chi connectivity index (χ3n) is 3.22. The quantitative estimate of drug-likeness (QED) is 0.754. The van der Waals surface area contributed by atoms with Gasteiger partial charge in [-0.1, -0.05) is 6.92 Å². The molecule has 1 N–H and O–H groups in total. The summed E-state index contributed by atoms with van der Waals surface area (Å²) in [4.78, 5) is 13.6. The molecule has 0 aromatic rings. The molecule has 0 aromatic heterocycles. The van der Waals surface area contributed by atoms with Gasteiger partial charge in [0.05, 0.1) is 0 Å². The summed E-state index contributed by atoms with van der Waals surface area (Å²) in [6.07, 6.45) is 2.62. The molecule has 0 spiro atoms. The Labute approximate surface area is 92.5 Å². The fraction of sp³-hybridized carbons (Fsp3) is 0.917. The van der Waals surface area contributed by atoms with E-state index in [-0.39, 0.29) is 6.61 Å². The number of nitrogens with zero attached hydrogens (tertiary/aromatic N) is 1. The van der Waals surface area contributed by atoms with E-state index < -0.39 is 0 Å². The molecule has 3 heteroatoms. The van der Waals surface area contributed by atoms with Crippen molar-refractivity contribution in [2.24, 2.45) is 11.8 Å². The second kappa shape index (κ2) is 5.50. The zero-order valence-corrected chi connectivity index (χ0v) is 10.1. The van der Waals surface area contributed by atoms with Gasteiger partial charge >= 0.3 is 0 Å². The highest BCUT2D eigenvalue weighted by molar-refractivity contribution is 5.78. The van der Waals surface area contributed by atoms with Crippen LogP contribution in [-0.2, 0) is 4.79 Å². The van der Waals surface area contributed by atoms with Crippen molar-refractivity contribution in [2.45, 2.75) is 46.1 Å². The maximum absolute atomic E-state index is 11.6. The SMILES string of the molecule is CC(CCO)CC1CC(=O)N(C(C)C)C1. The van der Waals surface area contributed by atoms with Crippen LogP contribution >= 0.6 is 0 Å². The highest BCUT2D eigenvalue weighted by Gasteiger charge is 2.31. The van der Waals surface area contributed by atoms with Crippen LogP contribution in [0.5, 0.6) is 0 Å². The standard InChI is InChI=1S/C12H23NO2/c1-9(2)13-8-11(7-12(13)15)6-10(3)4-5-14/h9-11,14H,4-8H2,1-3H3. The summed E-state index contributed by atoms with van der Waals surface area (Å²) < 4.78 is 0. The second-order valence-corrected chi connectivity index (χ2v) is 5.06. The van der Waals surface area contributed by atoms with Gasteiger partial charge in [-0.05, 0) is 38.5 Å². The third kappa shape index (κ3) is 3.49. The number of likely N-dealkylation sites (tertiary alicyclic amines) is 1. The van der Waals surface area contributed by atoms with Crippen molar-refractivity contribution in [3.8, 4) is 0 Å². The van der Waals surface area contributed by atoms with Crippen LogP contribution in [0, 0.1) is 11.8 Å². The van der Waals surface area contributed by atoms with Crippen LogP contribution in [0.15, 0.2) is 0 Å². The predicted molar refractivity (Wildman–Crippen MR) is 60.4 cm³/mol. The fourth-order valence-corrected chi connectivity index (χ4v) is 2.37. The van der Waals surface area contributed by atoms with E-state index in [4.69, 9.17) is 5.11 Å². The molecule has 1 aliphatic heterocycles. The lowest BCUT2D eigenvalue weighted by atomic mass is 9.93. The van der Waals surface area contributed by atoms with Gasteiger partial charge in [0, 0.05) is 25.6 Å². The van der Waals surface area contributed by atoms with Crippen molar-refractivity contribution in [1.29, 1.82) is 0 Å². The molecule has 0 aliphatic carbocycles. The average Bonchev–Trinajstić information content (AvgIpc) is 2.47. The molecular weight excluding hydrogens is 190 g/mol. The lowest BCUT2D eigenvalue weighted by molar-refractivity contribution is -0.129. The van der Waals surface area contributed by atoms with Gasteiger partial charge in [-0.15, -0.1) is 0 Å². The zero-order valence-electron chi connectivity index (χ0n) is 10.1. The molecule has 2 atom stereocenters. The number of aliphatic hydroxyl groups is 1. The van der Waals surface area contributed by atoms with Crippen LogP contribution in [0.25, 0.3) is 0 Å². The van der Waals surface area contributed by atoms with Gasteiger partial charge in [-0.2, -0.15) is 0 Å². The Morgan fingerprint density at radius 3 is 2.60 bits per heavy atom. The van der Waals surface area contributed by atoms with Crippen molar-refractivity contribution in [1.82, 2.24) is 4.90 Å². The summed E-state index contributed by atoms with van der Waals surface area (Å²) in [5, 5.41) is 8.83. The first-order chi connectivity index (χ1) is 7.04. The molecule has 0 saturated carbocycles. The second-order valence-electron chi connectivity index (χ2n) is 5.06. The maximum Gasteiger partial charge on any atom is 0.223 e. The minimum Gasteiger partial charge on any atom is -0.396 e. The zero-order chi connectivity index (χ0) is 11.4. The van der Waals surface area contributed by atoms with Gasteiger partial charge in [-0.3, -0.25) is 4.79 Å². The Morgan fingerprint density at radius 1 is 1.47 bits per heavy atom. The summed E-state index contributed by atoms with van der Waals surface area (Å²) in [5.74, 6) is 1.33. The summed E-state index contributed by atoms with van der Waals surface area (Å²) in [5.41, 5.74) is 0. The highest BCUT2D eigenvalue weighted by atomic mass is 16.3. The smallest absolute Gasteiger partial charge is 0.223 e. The normalized spacial score (nSPS) is 23.9. The molecule has 1 aliphatic rings. The Hall–Kier alpha value is -0.570. The third-order valence-corrected chi connectivity index (χ3v) is 3.22. The molecule has 3 nitrogen and oxygen atoms in total. The largest absolute Gasteiger partial charge is 0.396 e. The molecule has 0 bridgehead atoms. The number of carbonyl (C=O) groups excluding carboxylic acids is 1. The van der Waals surface area contributed by atoms with Crippen LogP contribution in [0.2, 0.25) is 0 Å². The Balaban J connectivity index is 2.38. The minimum absolute atomic E-state index is 0.260. The molecule has 1 saturated heterocycles. The number of amides is 1. The fourth-order valence-electron chi connectivity index (χ4n) is 2.37. The molecule has 1 heterocycles. The van der Waals surface area contributed by atoms with Gasteiger partial charge in [0.1, 0.15) is 0 Å². The first kappa shape index (κ1) is 12.5. The number of carbonyl (C=O) groups is 1. The molecular formula is C12H23NO2. The van der Waals surface area contributed by atoms with Crippen LogP contribution in [0.1, 0.15) is 40.0 Å². The number of hydrogen-bond donors (Lipinski definition) is 1. The summed E-state index contributed by atoms with van der Waals surface area (Å²) in [6, 6.07) is 0.329. The first-order valence-electron chi connectivity index (χ1n) is 5.95. The lowest BCUT2D eigenvalue weighted by Crippen LogP contribution is -2.32. The number of hydrogen-bond acceptors (Lipinski definition) is 2. The highest BCUT2D eigenvalue weighted by Crippen LogP contribution is 2.26. The Morgan fingerprint density at radius 2 is 2.13 bits per heavy atom. The van der Waals surface area contributed by atoms with Crippen LogP contribution in [-0.4, -0.2) is 35.1 Å². The van der Waals surface area contributed by atoms with Gasteiger partial charge in [-0.25, -0.2) is 0 Å². The molecule has 1 fully saturated rings. The van der Waals surface area contributed by atoms with Crippen molar-refractivity contribution >= 4 is 5.91 Å². The minimum atomic E-state index is 0.260. The number of aliphatic hydroxyl groups excluding tert-OH is 1. The van der Waals surface area contributed by atoms with Gasteiger partial charge in [0.2, 0.25) is 5.91 Å². The van der Waals surface area contributed by atoms with E-state index in [0.717, 1.165) is 19.4 Å². The summed E-state index contributed by atoms with van der Waals surface area (Å²) >= 11 is 0. The molecule has 88 valence electrons. The number of rotatable bonds is 5. The van der Waals surface area contributed by atoms with Crippen LogP contribution < -0.4 is 0 Å². The van der Waals surface area contributed by atoms with E-state index in [0.29, 0.717) is 30.2 Å². The van der Waals surface area contributed by atoms with E-state index in [1.54, 1.807) is 0 Å². The maximum atomic E-state index is 11.6. The van der Waals surface area contributed by atoms with E-state index in [1.807, 2.05) is 4.90 Å². The summed E-state index contributed by atoms with van der Waals surface area (Å²) in [6.45, 7) is 7.45. The van der Waals surface area contributed by atoms with Gasteiger partial charge < -0.3 is 10.0 Å². The first-order valence-corrected chi connectivity index (χ1v) is 5.95. The van der Waals surface area contributed by atoms with Crippen molar-refractivity contribution in [3.05, 3.63) is 0 Å². The van der Waals surface area contributed by atoms with Gasteiger partial charge in [0.15, 0.2) is 0 Å².